The zero-order valence-electron chi connectivity index (χ0n) is 17.2. The lowest BCUT2D eigenvalue weighted by atomic mass is 9.98. The van der Waals surface area contributed by atoms with Gasteiger partial charge >= 0.3 is 0 Å². The highest BCUT2D eigenvalue weighted by Crippen LogP contribution is 2.25. The number of rotatable bonds is 10. The molecule has 154 valence electrons. The highest BCUT2D eigenvalue weighted by Gasteiger charge is 2.21. The Morgan fingerprint density at radius 2 is 2.04 bits per heavy atom. The molecule has 6 heteroatoms. The molecule has 0 aromatic heterocycles. The lowest BCUT2D eigenvalue weighted by molar-refractivity contribution is -0.117. The van der Waals surface area contributed by atoms with Crippen LogP contribution in [0.5, 0.6) is 5.75 Å². The van der Waals surface area contributed by atoms with Crippen LogP contribution < -0.4 is 9.64 Å². The number of nitrogens with zero attached hydrogens (tertiary/aromatic N) is 3. The average Bonchev–Trinajstić information content (AvgIpc) is 3.14. The fraction of sp³-hybridized carbons (Fsp3) is 0.636. The van der Waals surface area contributed by atoms with Crippen LogP contribution in [0.15, 0.2) is 28.7 Å². The molecule has 1 atom stereocenters. The van der Waals surface area contributed by atoms with Gasteiger partial charge in [-0.05, 0) is 74.7 Å². The number of hydrogen-bond acceptors (Lipinski definition) is 5. The molecule has 2 heterocycles. The quantitative estimate of drug-likeness (QED) is 0.528. The molecule has 1 amide bonds. The number of amidine groups is 1. The van der Waals surface area contributed by atoms with Crippen LogP contribution in [0, 0.1) is 5.92 Å². The van der Waals surface area contributed by atoms with Crippen LogP contribution in [-0.4, -0.2) is 48.6 Å². The van der Waals surface area contributed by atoms with E-state index in [2.05, 4.69) is 23.1 Å². The molecule has 28 heavy (non-hydrogen) atoms. The summed E-state index contributed by atoms with van der Waals surface area (Å²) in [5.74, 6) is 3.96. The van der Waals surface area contributed by atoms with Gasteiger partial charge in [0.15, 0.2) is 0 Å². The van der Waals surface area contributed by atoms with Crippen molar-refractivity contribution in [1.29, 1.82) is 0 Å². The molecule has 1 unspecified atom stereocenters. The Hall–Kier alpha value is -1.69. The maximum Gasteiger partial charge on any atom is 0.227 e. The number of hydrogen-bond donors (Lipinski definition) is 0. The fourth-order valence-corrected chi connectivity index (χ4v) is 4.63. The molecule has 3 rings (SSSR count). The van der Waals surface area contributed by atoms with Gasteiger partial charge in [0.25, 0.3) is 0 Å². The zero-order chi connectivity index (χ0) is 19.8. The molecule has 0 aliphatic carbocycles. The molecule has 0 radical (unpaired) electrons. The smallest absolute Gasteiger partial charge is 0.227 e. The van der Waals surface area contributed by atoms with Crippen molar-refractivity contribution in [2.24, 2.45) is 10.3 Å². The van der Waals surface area contributed by atoms with Gasteiger partial charge in [-0.2, -0.15) is 0 Å². The van der Waals surface area contributed by atoms with E-state index in [9.17, 15) is 4.79 Å². The molecule has 2 aliphatic rings. The minimum absolute atomic E-state index is 0.226. The van der Waals surface area contributed by atoms with Crippen molar-refractivity contribution in [2.45, 2.75) is 52.4 Å². The maximum atomic E-state index is 11.9. The normalized spacial score (nSPS) is 18.4. The predicted molar refractivity (Wildman–Crippen MR) is 118 cm³/mol. The summed E-state index contributed by atoms with van der Waals surface area (Å²) in [7, 11) is 0. The van der Waals surface area contributed by atoms with Gasteiger partial charge in [-0.3, -0.25) is 4.79 Å². The Balaban J connectivity index is 1.44. The topological polar surface area (TPSA) is 45.1 Å². The van der Waals surface area contributed by atoms with Gasteiger partial charge < -0.3 is 14.5 Å². The first kappa shape index (κ1) is 21.0. The highest BCUT2D eigenvalue weighted by atomic mass is 32.2. The van der Waals surface area contributed by atoms with Crippen LogP contribution in [0.4, 0.5) is 5.69 Å². The second-order valence-corrected chi connectivity index (χ2v) is 8.56. The number of benzene rings is 1. The van der Waals surface area contributed by atoms with Gasteiger partial charge in [-0.25, -0.2) is 4.40 Å². The Kier molecular flexibility index (Phi) is 8.07. The number of amides is 1. The summed E-state index contributed by atoms with van der Waals surface area (Å²) < 4.78 is 10.6. The molecule has 2 aliphatic heterocycles. The summed E-state index contributed by atoms with van der Waals surface area (Å²) >= 11 is 1.67. The number of ether oxygens (including phenoxy) is 1. The SMILES string of the molecule is CCCC(CCCN1CCSN=C1C)COc1ccc(N2CCCC2=O)cc1. The van der Waals surface area contributed by atoms with Crippen LogP contribution in [-0.2, 0) is 4.79 Å². The van der Waals surface area contributed by atoms with Gasteiger partial charge in [0.2, 0.25) is 5.91 Å². The van der Waals surface area contributed by atoms with E-state index < -0.39 is 0 Å². The van der Waals surface area contributed by atoms with Crippen LogP contribution in [0.25, 0.3) is 0 Å². The van der Waals surface area contributed by atoms with Crippen molar-refractivity contribution in [2.75, 3.05) is 36.9 Å². The first-order chi connectivity index (χ1) is 13.7. The molecular formula is C22H33N3O2S. The largest absolute Gasteiger partial charge is 0.493 e. The van der Waals surface area contributed by atoms with E-state index in [0.29, 0.717) is 12.3 Å². The Labute approximate surface area is 173 Å². The molecule has 0 bridgehead atoms. The second kappa shape index (κ2) is 10.7. The standard InChI is InChI=1S/C22H33N3O2S/c1-3-6-19(7-4-13-24-15-16-28-23-18(24)2)17-27-21-11-9-20(10-12-21)25-14-5-8-22(25)26/h9-12,19H,3-8,13-17H2,1-2H3. The molecule has 1 fully saturated rings. The van der Waals surface area contributed by atoms with Crippen molar-refractivity contribution in [1.82, 2.24) is 4.90 Å². The Morgan fingerprint density at radius 3 is 2.71 bits per heavy atom. The first-order valence-corrected chi connectivity index (χ1v) is 11.6. The summed E-state index contributed by atoms with van der Waals surface area (Å²) in [6.07, 6.45) is 6.37. The molecule has 5 nitrogen and oxygen atoms in total. The third-order valence-electron chi connectivity index (χ3n) is 5.55. The van der Waals surface area contributed by atoms with Crippen LogP contribution in [0.1, 0.15) is 52.4 Å². The third kappa shape index (κ3) is 5.90. The minimum Gasteiger partial charge on any atom is -0.493 e. The fourth-order valence-electron chi connectivity index (χ4n) is 3.93. The third-order valence-corrected chi connectivity index (χ3v) is 6.31. The van der Waals surface area contributed by atoms with E-state index in [0.717, 1.165) is 55.7 Å². The minimum atomic E-state index is 0.226. The summed E-state index contributed by atoms with van der Waals surface area (Å²) in [6, 6.07) is 8.00. The molecule has 1 aromatic carbocycles. The zero-order valence-corrected chi connectivity index (χ0v) is 18.0. The van der Waals surface area contributed by atoms with E-state index in [1.54, 1.807) is 11.9 Å². The monoisotopic (exact) mass is 403 g/mol. The summed E-state index contributed by atoms with van der Waals surface area (Å²) in [6.45, 7) is 8.15. The molecule has 0 N–H and O–H groups in total. The number of anilines is 1. The van der Waals surface area contributed by atoms with E-state index in [4.69, 9.17) is 4.74 Å². The van der Waals surface area contributed by atoms with E-state index in [-0.39, 0.29) is 5.91 Å². The van der Waals surface area contributed by atoms with Gasteiger partial charge in [0.1, 0.15) is 11.6 Å². The van der Waals surface area contributed by atoms with Crippen molar-refractivity contribution in [3.63, 3.8) is 0 Å². The first-order valence-electron chi connectivity index (χ1n) is 10.6. The summed E-state index contributed by atoms with van der Waals surface area (Å²) in [5.41, 5.74) is 0.983. The van der Waals surface area contributed by atoms with Gasteiger partial charge in [-0.1, -0.05) is 13.3 Å². The van der Waals surface area contributed by atoms with E-state index in [1.807, 2.05) is 29.2 Å². The van der Waals surface area contributed by atoms with E-state index in [1.165, 1.54) is 25.7 Å². The lowest BCUT2D eigenvalue weighted by Gasteiger charge is -2.27. The van der Waals surface area contributed by atoms with E-state index >= 15 is 0 Å². The van der Waals surface area contributed by atoms with Gasteiger partial charge in [-0.15, -0.1) is 0 Å². The van der Waals surface area contributed by atoms with Crippen molar-refractivity contribution < 1.29 is 9.53 Å². The predicted octanol–water partition coefficient (Wildman–Crippen LogP) is 4.77. The Bertz CT molecular complexity index is 662. The molecule has 0 saturated carbocycles. The second-order valence-electron chi connectivity index (χ2n) is 7.71. The molecule has 1 saturated heterocycles. The molecule has 0 spiro atoms. The average molecular weight is 404 g/mol. The van der Waals surface area contributed by atoms with Crippen LogP contribution >= 0.6 is 11.9 Å². The molecular weight excluding hydrogens is 370 g/mol. The van der Waals surface area contributed by atoms with Crippen molar-refractivity contribution in [3.05, 3.63) is 24.3 Å². The number of carbonyl (C=O) groups excluding carboxylic acids is 1. The number of carbonyl (C=O) groups is 1. The van der Waals surface area contributed by atoms with Crippen LogP contribution in [0.3, 0.4) is 0 Å². The summed E-state index contributed by atoms with van der Waals surface area (Å²) in [5, 5.41) is 0. The van der Waals surface area contributed by atoms with Gasteiger partial charge in [0.05, 0.1) is 6.61 Å². The van der Waals surface area contributed by atoms with Crippen molar-refractivity contribution in [3.8, 4) is 5.75 Å². The highest BCUT2D eigenvalue weighted by molar-refractivity contribution is 7.98. The molecule has 1 aromatic rings. The van der Waals surface area contributed by atoms with Crippen molar-refractivity contribution >= 4 is 29.4 Å². The maximum absolute atomic E-state index is 11.9. The Morgan fingerprint density at radius 1 is 1.21 bits per heavy atom. The van der Waals surface area contributed by atoms with Crippen LogP contribution in [0.2, 0.25) is 0 Å². The van der Waals surface area contributed by atoms with Gasteiger partial charge in [0, 0.05) is 37.5 Å². The summed E-state index contributed by atoms with van der Waals surface area (Å²) in [4.78, 5) is 16.1. The lowest BCUT2D eigenvalue weighted by Crippen LogP contribution is -2.34.